The molecule has 0 saturated heterocycles. The zero-order valence-corrected chi connectivity index (χ0v) is 9.05. The van der Waals surface area contributed by atoms with Crippen LogP contribution in [-0.4, -0.2) is 31.8 Å². The highest BCUT2D eigenvalue weighted by Crippen LogP contribution is 2.37. The van der Waals surface area contributed by atoms with Crippen LogP contribution in [0.2, 0.25) is 0 Å². The summed E-state index contributed by atoms with van der Waals surface area (Å²) in [6.45, 7) is 3.17. The second-order valence-corrected chi connectivity index (χ2v) is 4.92. The summed E-state index contributed by atoms with van der Waals surface area (Å²) in [6, 6.07) is 0. The Balaban J connectivity index is 2.61. The van der Waals surface area contributed by atoms with E-state index in [0.717, 1.165) is 25.3 Å². The van der Waals surface area contributed by atoms with Crippen LogP contribution in [0.3, 0.4) is 0 Å². The molecule has 1 aliphatic carbocycles. The quantitative estimate of drug-likeness (QED) is 0.623. The first-order valence-corrected chi connectivity index (χ1v) is 5.19. The second kappa shape index (κ2) is 4.23. The van der Waals surface area contributed by atoms with Gasteiger partial charge in [0, 0.05) is 12.0 Å². The van der Waals surface area contributed by atoms with E-state index in [1.165, 1.54) is 19.1 Å². The van der Waals surface area contributed by atoms with Crippen LogP contribution in [0.1, 0.15) is 32.6 Å². The van der Waals surface area contributed by atoms with Crippen molar-refractivity contribution in [1.82, 2.24) is 4.90 Å². The molecule has 0 spiro atoms. The van der Waals surface area contributed by atoms with Crippen LogP contribution in [0.4, 0.5) is 0 Å². The van der Waals surface area contributed by atoms with Gasteiger partial charge in [0.05, 0.1) is 0 Å². The minimum Gasteiger partial charge on any atom is -0.308 e. The van der Waals surface area contributed by atoms with Crippen molar-refractivity contribution in [3.05, 3.63) is 0 Å². The van der Waals surface area contributed by atoms with Gasteiger partial charge < -0.3 is 9.69 Å². The lowest BCUT2D eigenvalue weighted by Gasteiger charge is -2.37. The Morgan fingerprint density at radius 1 is 1.54 bits per heavy atom. The molecule has 2 heteroatoms. The van der Waals surface area contributed by atoms with Gasteiger partial charge in [-0.2, -0.15) is 0 Å². The molecule has 2 unspecified atom stereocenters. The highest BCUT2D eigenvalue weighted by Gasteiger charge is 2.34. The maximum Gasteiger partial charge on any atom is 0.127 e. The molecule has 0 radical (unpaired) electrons. The summed E-state index contributed by atoms with van der Waals surface area (Å²) >= 11 is 0. The molecule has 0 heterocycles. The van der Waals surface area contributed by atoms with E-state index in [4.69, 9.17) is 0 Å². The maximum absolute atomic E-state index is 11.1. The smallest absolute Gasteiger partial charge is 0.127 e. The van der Waals surface area contributed by atoms with Gasteiger partial charge in [0.15, 0.2) is 0 Å². The van der Waals surface area contributed by atoms with Gasteiger partial charge in [-0.15, -0.1) is 0 Å². The van der Waals surface area contributed by atoms with Gasteiger partial charge in [0.25, 0.3) is 0 Å². The average Bonchev–Trinajstić information content (AvgIpc) is 2.03. The molecule has 13 heavy (non-hydrogen) atoms. The fourth-order valence-corrected chi connectivity index (χ4v) is 2.62. The maximum atomic E-state index is 11.1. The van der Waals surface area contributed by atoms with Gasteiger partial charge >= 0.3 is 0 Å². The van der Waals surface area contributed by atoms with Crippen LogP contribution >= 0.6 is 0 Å². The summed E-state index contributed by atoms with van der Waals surface area (Å²) in [5.74, 6) is 0.721. The Kier molecular flexibility index (Phi) is 3.48. The van der Waals surface area contributed by atoms with E-state index in [1.54, 1.807) is 0 Å². The first-order valence-electron chi connectivity index (χ1n) is 5.19. The lowest BCUT2D eigenvalue weighted by Crippen LogP contribution is -2.38. The van der Waals surface area contributed by atoms with Crippen molar-refractivity contribution in [2.24, 2.45) is 11.3 Å². The van der Waals surface area contributed by atoms with Crippen LogP contribution in [0.25, 0.3) is 0 Å². The van der Waals surface area contributed by atoms with Crippen molar-refractivity contribution < 1.29 is 4.79 Å². The number of carbonyl (C=O) groups is 1. The summed E-state index contributed by atoms with van der Waals surface area (Å²) in [5, 5.41) is 0. The van der Waals surface area contributed by atoms with Crippen LogP contribution < -0.4 is 0 Å². The Labute approximate surface area is 81.3 Å². The lowest BCUT2D eigenvalue weighted by atomic mass is 9.71. The molecule has 0 aromatic carbocycles. The topological polar surface area (TPSA) is 20.3 Å². The fourth-order valence-electron chi connectivity index (χ4n) is 2.62. The molecule has 0 aromatic rings. The first-order chi connectivity index (χ1) is 6.08. The molecule has 1 fully saturated rings. The van der Waals surface area contributed by atoms with E-state index < -0.39 is 0 Å². The lowest BCUT2D eigenvalue weighted by molar-refractivity contribution is -0.119. The zero-order valence-electron chi connectivity index (χ0n) is 9.05. The minimum atomic E-state index is -0.0405. The largest absolute Gasteiger partial charge is 0.308 e. The predicted molar refractivity (Wildman–Crippen MR) is 54.7 cm³/mol. The number of aldehydes is 1. The highest BCUT2D eigenvalue weighted by atomic mass is 16.1. The first kappa shape index (κ1) is 10.7. The standard InChI is InChI=1S/C11H21NO/c1-10-5-4-6-11(7-10,9-13)8-12(2)3/h9-10H,4-8H2,1-3H3. The van der Waals surface area contributed by atoms with Gasteiger partial charge in [-0.1, -0.05) is 19.8 Å². The molecule has 0 aromatic heterocycles. The summed E-state index contributed by atoms with van der Waals surface area (Å²) in [5.41, 5.74) is -0.0405. The normalized spacial score (nSPS) is 34.9. The van der Waals surface area contributed by atoms with Gasteiger partial charge in [-0.05, 0) is 32.9 Å². The van der Waals surface area contributed by atoms with Crippen molar-refractivity contribution in [3.63, 3.8) is 0 Å². The number of hydrogen-bond donors (Lipinski definition) is 0. The summed E-state index contributed by atoms with van der Waals surface area (Å²) in [6.07, 6.45) is 5.87. The monoisotopic (exact) mass is 183 g/mol. The second-order valence-electron chi connectivity index (χ2n) is 4.92. The SMILES string of the molecule is CC1CCCC(C=O)(CN(C)C)C1. The summed E-state index contributed by atoms with van der Waals surface area (Å²) in [7, 11) is 4.09. The molecule has 1 aliphatic rings. The molecule has 0 aliphatic heterocycles. The van der Waals surface area contributed by atoms with E-state index in [0.29, 0.717) is 0 Å². The third kappa shape index (κ3) is 2.80. The van der Waals surface area contributed by atoms with E-state index in [1.807, 2.05) is 14.1 Å². The minimum absolute atomic E-state index is 0.0405. The van der Waals surface area contributed by atoms with Gasteiger partial charge in [0.2, 0.25) is 0 Å². The molecule has 0 amide bonds. The Hall–Kier alpha value is -0.370. The van der Waals surface area contributed by atoms with Crippen LogP contribution in [0.5, 0.6) is 0 Å². The van der Waals surface area contributed by atoms with Crippen molar-refractivity contribution in [2.45, 2.75) is 32.6 Å². The number of hydrogen-bond acceptors (Lipinski definition) is 2. The third-order valence-corrected chi connectivity index (χ3v) is 3.01. The molecule has 0 bridgehead atoms. The van der Waals surface area contributed by atoms with Crippen LogP contribution in [-0.2, 0) is 4.79 Å². The van der Waals surface area contributed by atoms with Crippen molar-refractivity contribution >= 4 is 6.29 Å². The van der Waals surface area contributed by atoms with Gasteiger partial charge in [-0.3, -0.25) is 0 Å². The molecule has 0 N–H and O–H groups in total. The molecule has 1 rings (SSSR count). The molecule has 76 valence electrons. The number of rotatable bonds is 3. The number of nitrogens with zero attached hydrogens (tertiary/aromatic N) is 1. The van der Waals surface area contributed by atoms with E-state index in [2.05, 4.69) is 11.8 Å². The van der Waals surface area contributed by atoms with Gasteiger partial charge in [-0.25, -0.2) is 0 Å². The van der Waals surface area contributed by atoms with Crippen molar-refractivity contribution in [1.29, 1.82) is 0 Å². The Morgan fingerprint density at radius 3 is 2.69 bits per heavy atom. The van der Waals surface area contributed by atoms with E-state index in [-0.39, 0.29) is 5.41 Å². The number of carbonyl (C=O) groups excluding carboxylic acids is 1. The van der Waals surface area contributed by atoms with Crippen molar-refractivity contribution in [2.75, 3.05) is 20.6 Å². The predicted octanol–water partition coefficient (Wildman–Crippen LogP) is 1.94. The van der Waals surface area contributed by atoms with Gasteiger partial charge in [0.1, 0.15) is 6.29 Å². The zero-order chi connectivity index (χ0) is 9.90. The highest BCUT2D eigenvalue weighted by molar-refractivity contribution is 5.60. The molecular formula is C11H21NO. The van der Waals surface area contributed by atoms with Crippen LogP contribution in [0.15, 0.2) is 0 Å². The third-order valence-electron chi connectivity index (χ3n) is 3.01. The molecule has 2 atom stereocenters. The van der Waals surface area contributed by atoms with Crippen molar-refractivity contribution in [3.8, 4) is 0 Å². The summed E-state index contributed by atoms with van der Waals surface area (Å²) < 4.78 is 0. The molecule has 2 nitrogen and oxygen atoms in total. The fraction of sp³-hybridized carbons (Fsp3) is 0.909. The molecule has 1 saturated carbocycles. The van der Waals surface area contributed by atoms with Crippen LogP contribution in [0, 0.1) is 11.3 Å². The molecular weight excluding hydrogens is 162 g/mol. The average molecular weight is 183 g/mol. The Bertz CT molecular complexity index is 175. The van der Waals surface area contributed by atoms with E-state index >= 15 is 0 Å². The Morgan fingerprint density at radius 2 is 2.23 bits per heavy atom. The summed E-state index contributed by atoms with van der Waals surface area (Å²) in [4.78, 5) is 13.3. The van der Waals surface area contributed by atoms with E-state index in [9.17, 15) is 4.79 Å².